The molecule has 90 valence electrons. The van der Waals surface area contributed by atoms with Gasteiger partial charge in [-0.1, -0.05) is 13.8 Å². The van der Waals surface area contributed by atoms with Gasteiger partial charge in [0, 0.05) is 11.1 Å². The number of hydrogen-bond acceptors (Lipinski definition) is 4. The van der Waals surface area contributed by atoms with Crippen LogP contribution in [-0.4, -0.2) is 16.9 Å². The fraction of sp³-hybridized carbons (Fsp3) is 0.636. The fourth-order valence-corrected chi connectivity index (χ4v) is 2.12. The summed E-state index contributed by atoms with van der Waals surface area (Å²) in [5.41, 5.74) is 5.76. The van der Waals surface area contributed by atoms with E-state index in [1.165, 1.54) is 0 Å². The number of rotatable bonds is 5. The van der Waals surface area contributed by atoms with Crippen molar-refractivity contribution in [2.24, 2.45) is 11.7 Å². The molecule has 0 fully saturated rings. The van der Waals surface area contributed by atoms with Crippen LogP contribution in [-0.2, 0) is 11.3 Å². The van der Waals surface area contributed by atoms with E-state index >= 15 is 0 Å². The van der Waals surface area contributed by atoms with Crippen molar-refractivity contribution in [2.75, 3.05) is 0 Å². The molecule has 0 aliphatic rings. The summed E-state index contributed by atoms with van der Waals surface area (Å²) in [6, 6.07) is -0.416. The fourth-order valence-electron chi connectivity index (χ4n) is 1.39. The monoisotopic (exact) mass is 241 g/mol. The molecule has 0 saturated heterocycles. The normalized spacial score (nSPS) is 12.8. The first-order chi connectivity index (χ1) is 7.49. The molecule has 0 saturated carbocycles. The first kappa shape index (κ1) is 13.1. The van der Waals surface area contributed by atoms with Gasteiger partial charge in [0.05, 0.1) is 12.6 Å². The number of aryl methyl sites for hydroxylation is 1. The predicted octanol–water partition coefficient (Wildman–Crippen LogP) is 1.44. The van der Waals surface area contributed by atoms with Gasteiger partial charge in [-0.15, -0.1) is 11.3 Å². The third-order valence-corrected chi connectivity index (χ3v) is 3.06. The standard InChI is InChI=1S/C11H19N3OS/c1-7(2)4-9(12)11(15)14-6-10-13-5-8(3)16-10/h5,7,9H,4,6,12H2,1-3H3,(H,14,15)/t9-/m1/s1. The number of thiazole rings is 1. The molecule has 0 spiro atoms. The third kappa shape index (κ3) is 4.28. The molecule has 1 heterocycles. The Morgan fingerprint density at radius 3 is 2.81 bits per heavy atom. The van der Waals surface area contributed by atoms with Crippen LogP contribution in [0.3, 0.4) is 0 Å². The molecule has 1 amide bonds. The molecule has 0 aromatic carbocycles. The highest BCUT2D eigenvalue weighted by atomic mass is 32.1. The molecule has 0 unspecified atom stereocenters. The Labute approximate surface area is 100 Å². The van der Waals surface area contributed by atoms with Crippen molar-refractivity contribution in [1.82, 2.24) is 10.3 Å². The van der Waals surface area contributed by atoms with E-state index in [1.807, 2.05) is 6.92 Å². The molecule has 4 nitrogen and oxygen atoms in total. The maximum Gasteiger partial charge on any atom is 0.237 e. The van der Waals surface area contributed by atoms with Gasteiger partial charge in [0.15, 0.2) is 0 Å². The molecular formula is C11H19N3OS. The molecule has 5 heteroatoms. The number of nitrogens with one attached hydrogen (secondary N) is 1. The summed E-state index contributed by atoms with van der Waals surface area (Å²) in [7, 11) is 0. The highest BCUT2D eigenvalue weighted by molar-refractivity contribution is 7.11. The zero-order valence-corrected chi connectivity index (χ0v) is 10.8. The topological polar surface area (TPSA) is 68.0 Å². The van der Waals surface area contributed by atoms with E-state index in [2.05, 4.69) is 24.1 Å². The molecule has 1 aromatic heterocycles. The number of hydrogen-bond donors (Lipinski definition) is 2. The Balaban J connectivity index is 2.35. The minimum atomic E-state index is -0.416. The second-order valence-corrected chi connectivity index (χ2v) is 5.64. The van der Waals surface area contributed by atoms with E-state index in [0.717, 1.165) is 9.88 Å². The molecular weight excluding hydrogens is 222 g/mol. The average molecular weight is 241 g/mol. The van der Waals surface area contributed by atoms with Gasteiger partial charge in [-0.3, -0.25) is 4.79 Å². The Bertz CT molecular complexity index is 349. The molecule has 0 aliphatic carbocycles. The number of carbonyl (C=O) groups excluding carboxylic acids is 1. The van der Waals surface area contributed by atoms with Gasteiger partial charge in [-0.2, -0.15) is 0 Å². The highest BCUT2D eigenvalue weighted by Gasteiger charge is 2.14. The number of carbonyl (C=O) groups is 1. The predicted molar refractivity (Wildman–Crippen MR) is 66.1 cm³/mol. The van der Waals surface area contributed by atoms with Gasteiger partial charge in [0.25, 0.3) is 0 Å². The van der Waals surface area contributed by atoms with Crippen molar-refractivity contribution >= 4 is 17.2 Å². The lowest BCUT2D eigenvalue weighted by atomic mass is 10.0. The van der Waals surface area contributed by atoms with E-state index < -0.39 is 6.04 Å². The van der Waals surface area contributed by atoms with Crippen molar-refractivity contribution in [2.45, 2.75) is 39.8 Å². The molecule has 1 aromatic rings. The van der Waals surface area contributed by atoms with Gasteiger partial charge in [0.2, 0.25) is 5.91 Å². The van der Waals surface area contributed by atoms with Crippen LogP contribution in [0, 0.1) is 12.8 Å². The molecule has 1 rings (SSSR count). The van der Waals surface area contributed by atoms with E-state index in [4.69, 9.17) is 5.73 Å². The van der Waals surface area contributed by atoms with Crippen LogP contribution < -0.4 is 11.1 Å². The highest BCUT2D eigenvalue weighted by Crippen LogP contribution is 2.10. The summed E-state index contributed by atoms with van der Waals surface area (Å²) in [5.74, 6) is 0.337. The summed E-state index contributed by atoms with van der Waals surface area (Å²) in [4.78, 5) is 16.9. The lowest BCUT2D eigenvalue weighted by molar-refractivity contribution is -0.122. The Morgan fingerprint density at radius 2 is 2.31 bits per heavy atom. The maximum atomic E-state index is 11.6. The minimum absolute atomic E-state index is 0.0958. The summed E-state index contributed by atoms with van der Waals surface area (Å²) in [6.45, 7) is 6.57. The van der Waals surface area contributed by atoms with Crippen molar-refractivity contribution in [3.05, 3.63) is 16.1 Å². The van der Waals surface area contributed by atoms with Crippen molar-refractivity contribution in [1.29, 1.82) is 0 Å². The van der Waals surface area contributed by atoms with Crippen LogP contribution in [0.1, 0.15) is 30.2 Å². The minimum Gasteiger partial charge on any atom is -0.348 e. The quantitative estimate of drug-likeness (QED) is 0.819. The number of nitrogens with zero attached hydrogens (tertiary/aromatic N) is 1. The van der Waals surface area contributed by atoms with Crippen LogP contribution in [0.15, 0.2) is 6.20 Å². The average Bonchev–Trinajstić information content (AvgIpc) is 2.59. The largest absolute Gasteiger partial charge is 0.348 e. The van der Waals surface area contributed by atoms with Gasteiger partial charge in [-0.25, -0.2) is 4.98 Å². The molecule has 16 heavy (non-hydrogen) atoms. The lowest BCUT2D eigenvalue weighted by Gasteiger charge is -2.13. The van der Waals surface area contributed by atoms with Crippen molar-refractivity contribution in [3.63, 3.8) is 0 Å². The third-order valence-electron chi connectivity index (χ3n) is 2.15. The summed E-state index contributed by atoms with van der Waals surface area (Å²) >= 11 is 1.59. The first-order valence-corrected chi connectivity index (χ1v) is 6.25. The van der Waals surface area contributed by atoms with Gasteiger partial charge in [-0.05, 0) is 19.3 Å². The van der Waals surface area contributed by atoms with E-state index in [1.54, 1.807) is 17.5 Å². The zero-order valence-electron chi connectivity index (χ0n) is 9.99. The molecule has 0 aliphatic heterocycles. The van der Waals surface area contributed by atoms with E-state index in [-0.39, 0.29) is 5.91 Å². The zero-order chi connectivity index (χ0) is 12.1. The number of aromatic nitrogens is 1. The lowest BCUT2D eigenvalue weighted by Crippen LogP contribution is -2.40. The van der Waals surface area contributed by atoms with Crippen molar-refractivity contribution < 1.29 is 4.79 Å². The van der Waals surface area contributed by atoms with E-state index in [9.17, 15) is 4.79 Å². The van der Waals surface area contributed by atoms with E-state index in [0.29, 0.717) is 18.9 Å². The molecule has 0 radical (unpaired) electrons. The number of nitrogens with two attached hydrogens (primary N) is 1. The van der Waals surface area contributed by atoms with Crippen LogP contribution >= 0.6 is 11.3 Å². The summed E-state index contributed by atoms with van der Waals surface area (Å²) in [5, 5.41) is 3.72. The van der Waals surface area contributed by atoms with Crippen molar-refractivity contribution in [3.8, 4) is 0 Å². The van der Waals surface area contributed by atoms with Crippen LogP contribution in [0.2, 0.25) is 0 Å². The Hall–Kier alpha value is -0.940. The maximum absolute atomic E-state index is 11.6. The van der Waals surface area contributed by atoms with Crippen LogP contribution in [0.25, 0.3) is 0 Å². The molecule has 1 atom stereocenters. The number of amides is 1. The van der Waals surface area contributed by atoms with Crippen LogP contribution in [0.5, 0.6) is 0 Å². The molecule has 3 N–H and O–H groups in total. The summed E-state index contributed by atoms with van der Waals surface area (Å²) in [6.07, 6.45) is 2.52. The SMILES string of the molecule is Cc1cnc(CNC(=O)[C@H](N)CC(C)C)s1. The van der Waals surface area contributed by atoms with Gasteiger partial charge >= 0.3 is 0 Å². The summed E-state index contributed by atoms with van der Waals surface area (Å²) < 4.78 is 0. The Morgan fingerprint density at radius 1 is 1.62 bits per heavy atom. The van der Waals surface area contributed by atoms with Crippen LogP contribution in [0.4, 0.5) is 0 Å². The molecule has 0 bridgehead atoms. The second-order valence-electron chi connectivity index (χ2n) is 4.32. The van der Waals surface area contributed by atoms with Gasteiger partial charge in [0.1, 0.15) is 5.01 Å². The second kappa shape index (κ2) is 5.96. The first-order valence-electron chi connectivity index (χ1n) is 5.43. The smallest absolute Gasteiger partial charge is 0.237 e. The Kier molecular flexibility index (Phi) is 4.89. The van der Waals surface area contributed by atoms with Gasteiger partial charge < -0.3 is 11.1 Å².